The molecule has 5 heteroatoms. The van der Waals surface area contributed by atoms with Gasteiger partial charge in [-0.3, -0.25) is 4.79 Å². The minimum Gasteiger partial charge on any atom is -0.496 e. The smallest absolute Gasteiger partial charge is 0.240 e. The van der Waals surface area contributed by atoms with Crippen molar-refractivity contribution in [3.05, 3.63) is 64.2 Å². The van der Waals surface area contributed by atoms with Crippen molar-refractivity contribution in [1.82, 2.24) is 5.43 Å². The third kappa shape index (κ3) is 5.70. The Morgan fingerprint density at radius 1 is 1.25 bits per heavy atom. The highest BCUT2D eigenvalue weighted by atomic mass is 35.5. The Labute approximate surface area is 147 Å². The van der Waals surface area contributed by atoms with Gasteiger partial charge >= 0.3 is 0 Å². The average Bonchev–Trinajstić information content (AvgIpc) is 2.57. The molecule has 2 aromatic carbocycles. The second kappa shape index (κ2) is 9.08. The number of hydrazone groups is 1. The zero-order valence-corrected chi connectivity index (χ0v) is 14.6. The van der Waals surface area contributed by atoms with Crippen LogP contribution in [0.3, 0.4) is 0 Å². The first-order chi connectivity index (χ1) is 11.6. The molecule has 0 radical (unpaired) electrons. The lowest BCUT2D eigenvalue weighted by Gasteiger charge is -2.07. The zero-order chi connectivity index (χ0) is 17.4. The van der Waals surface area contributed by atoms with E-state index in [1.807, 2.05) is 31.2 Å². The molecule has 1 amide bonds. The molecule has 0 aliphatic heterocycles. The highest BCUT2D eigenvalue weighted by Gasteiger charge is 2.03. The number of amides is 1. The molecule has 0 saturated carbocycles. The molecule has 1 N–H and O–H groups in total. The van der Waals surface area contributed by atoms with Crippen LogP contribution in [0.15, 0.2) is 47.6 Å². The van der Waals surface area contributed by atoms with Crippen molar-refractivity contribution in [2.24, 2.45) is 5.10 Å². The van der Waals surface area contributed by atoms with Gasteiger partial charge in [-0.1, -0.05) is 35.9 Å². The second-order valence-corrected chi connectivity index (χ2v) is 5.94. The maximum atomic E-state index is 11.8. The van der Waals surface area contributed by atoms with E-state index in [1.54, 1.807) is 25.5 Å². The molecule has 0 heterocycles. The largest absolute Gasteiger partial charge is 0.496 e. The summed E-state index contributed by atoms with van der Waals surface area (Å²) < 4.78 is 5.24. The van der Waals surface area contributed by atoms with E-state index in [0.717, 1.165) is 29.7 Å². The number of methoxy groups -OCH3 is 1. The highest BCUT2D eigenvalue weighted by molar-refractivity contribution is 6.30. The van der Waals surface area contributed by atoms with E-state index in [0.29, 0.717) is 11.4 Å². The van der Waals surface area contributed by atoms with Gasteiger partial charge in [-0.25, -0.2) is 5.43 Å². The van der Waals surface area contributed by atoms with Crippen molar-refractivity contribution in [2.45, 2.75) is 26.2 Å². The van der Waals surface area contributed by atoms with Crippen molar-refractivity contribution in [2.75, 3.05) is 7.11 Å². The van der Waals surface area contributed by atoms with Gasteiger partial charge in [0.25, 0.3) is 0 Å². The molecular formula is C19H21ClN2O2. The second-order valence-electron chi connectivity index (χ2n) is 5.50. The third-order valence-electron chi connectivity index (χ3n) is 3.60. The van der Waals surface area contributed by atoms with E-state index in [2.05, 4.69) is 16.6 Å². The molecule has 0 bridgehead atoms. The summed E-state index contributed by atoms with van der Waals surface area (Å²) in [6.45, 7) is 2.01. The molecule has 2 rings (SSSR count). The van der Waals surface area contributed by atoms with Gasteiger partial charge < -0.3 is 4.74 Å². The first-order valence-electron chi connectivity index (χ1n) is 7.79. The Hall–Kier alpha value is -2.33. The summed E-state index contributed by atoms with van der Waals surface area (Å²) in [5.41, 5.74) is 5.73. The number of benzene rings is 2. The van der Waals surface area contributed by atoms with E-state index < -0.39 is 0 Å². The maximum Gasteiger partial charge on any atom is 0.240 e. The van der Waals surface area contributed by atoms with Crippen molar-refractivity contribution >= 4 is 23.7 Å². The van der Waals surface area contributed by atoms with Crippen LogP contribution in [0.5, 0.6) is 5.75 Å². The monoisotopic (exact) mass is 344 g/mol. The highest BCUT2D eigenvalue weighted by Crippen LogP contribution is 2.19. The Balaban J connectivity index is 1.73. The molecule has 4 nitrogen and oxygen atoms in total. The SMILES string of the molecule is COc1ccc(CCCC(=O)N/N=C\c2ccc(Cl)cc2)cc1C. The molecular weight excluding hydrogens is 324 g/mol. The molecule has 0 aliphatic rings. The van der Waals surface area contributed by atoms with Crippen molar-refractivity contribution in [3.8, 4) is 5.75 Å². The third-order valence-corrected chi connectivity index (χ3v) is 3.85. The number of halogens is 1. The molecule has 0 aromatic heterocycles. The number of aryl methyl sites for hydroxylation is 2. The van der Waals surface area contributed by atoms with Gasteiger partial charge in [0, 0.05) is 11.4 Å². The molecule has 2 aromatic rings. The van der Waals surface area contributed by atoms with Gasteiger partial charge in [0.05, 0.1) is 13.3 Å². The molecule has 0 atom stereocenters. The van der Waals surface area contributed by atoms with Crippen molar-refractivity contribution in [1.29, 1.82) is 0 Å². The van der Waals surface area contributed by atoms with E-state index >= 15 is 0 Å². The molecule has 24 heavy (non-hydrogen) atoms. The lowest BCUT2D eigenvalue weighted by molar-refractivity contribution is -0.121. The van der Waals surface area contributed by atoms with E-state index in [-0.39, 0.29) is 5.91 Å². The summed E-state index contributed by atoms with van der Waals surface area (Å²) in [6, 6.07) is 13.3. The fourth-order valence-corrected chi connectivity index (χ4v) is 2.46. The lowest BCUT2D eigenvalue weighted by Crippen LogP contribution is -2.17. The maximum absolute atomic E-state index is 11.8. The first kappa shape index (κ1) is 18.0. The minimum absolute atomic E-state index is 0.0922. The fraction of sp³-hybridized carbons (Fsp3) is 0.263. The van der Waals surface area contributed by atoms with Crippen LogP contribution < -0.4 is 10.2 Å². The van der Waals surface area contributed by atoms with Crippen molar-refractivity contribution in [3.63, 3.8) is 0 Å². The molecule has 0 saturated heterocycles. The summed E-state index contributed by atoms with van der Waals surface area (Å²) in [7, 11) is 1.66. The Bertz CT molecular complexity index is 712. The number of carbonyl (C=O) groups is 1. The van der Waals surface area contributed by atoms with Crippen LogP contribution in [0, 0.1) is 6.92 Å². The van der Waals surface area contributed by atoms with Gasteiger partial charge in [-0.2, -0.15) is 5.10 Å². The minimum atomic E-state index is -0.0922. The Morgan fingerprint density at radius 3 is 2.67 bits per heavy atom. The first-order valence-corrected chi connectivity index (χ1v) is 8.17. The van der Waals surface area contributed by atoms with Crippen LogP contribution in [0.1, 0.15) is 29.5 Å². The van der Waals surface area contributed by atoms with Crippen LogP contribution in [0.4, 0.5) is 0 Å². The van der Waals surface area contributed by atoms with E-state index in [1.165, 1.54) is 5.56 Å². The summed E-state index contributed by atoms with van der Waals surface area (Å²) in [6.07, 6.45) is 3.65. The van der Waals surface area contributed by atoms with Crippen LogP contribution in [0.25, 0.3) is 0 Å². The summed E-state index contributed by atoms with van der Waals surface area (Å²) >= 11 is 5.81. The van der Waals surface area contributed by atoms with E-state index in [4.69, 9.17) is 16.3 Å². The molecule has 0 spiro atoms. The quantitative estimate of drug-likeness (QED) is 0.606. The fourth-order valence-electron chi connectivity index (χ4n) is 2.33. The number of rotatable bonds is 7. The predicted octanol–water partition coefficient (Wildman–Crippen LogP) is 4.13. The van der Waals surface area contributed by atoms with Gasteiger partial charge in [0.2, 0.25) is 5.91 Å². The Morgan fingerprint density at radius 2 is 2.00 bits per heavy atom. The van der Waals surface area contributed by atoms with Gasteiger partial charge in [0.15, 0.2) is 0 Å². The summed E-state index contributed by atoms with van der Waals surface area (Å²) in [5, 5.41) is 4.62. The molecule has 0 aliphatic carbocycles. The average molecular weight is 345 g/mol. The number of hydrogen-bond donors (Lipinski definition) is 1. The topological polar surface area (TPSA) is 50.7 Å². The number of hydrogen-bond acceptors (Lipinski definition) is 3. The zero-order valence-electron chi connectivity index (χ0n) is 13.9. The number of nitrogens with one attached hydrogen (secondary N) is 1. The van der Waals surface area contributed by atoms with Gasteiger partial charge in [-0.15, -0.1) is 0 Å². The van der Waals surface area contributed by atoms with Crippen molar-refractivity contribution < 1.29 is 9.53 Å². The number of ether oxygens (including phenoxy) is 1. The lowest BCUT2D eigenvalue weighted by atomic mass is 10.1. The van der Waals surface area contributed by atoms with E-state index in [9.17, 15) is 4.79 Å². The van der Waals surface area contributed by atoms with Crippen LogP contribution in [-0.2, 0) is 11.2 Å². The van der Waals surface area contributed by atoms with Crippen LogP contribution in [0.2, 0.25) is 5.02 Å². The van der Waals surface area contributed by atoms with Crippen LogP contribution in [-0.4, -0.2) is 19.2 Å². The molecule has 0 unspecified atom stereocenters. The predicted molar refractivity (Wildman–Crippen MR) is 97.9 cm³/mol. The van der Waals surface area contributed by atoms with Gasteiger partial charge in [-0.05, 0) is 54.7 Å². The standard InChI is InChI=1S/C19H21ClN2O2/c1-14-12-15(8-11-18(14)24-2)4-3-5-19(23)22-21-13-16-6-9-17(20)10-7-16/h6-13H,3-5H2,1-2H3,(H,22,23)/b21-13-. The Kier molecular flexibility index (Phi) is 6.82. The van der Waals surface area contributed by atoms with Crippen LogP contribution >= 0.6 is 11.6 Å². The normalized spacial score (nSPS) is 10.8. The number of carbonyl (C=O) groups excluding carboxylic acids is 1. The number of nitrogens with zero attached hydrogens (tertiary/aromatic N) is 1. The molecule has 126 valence electrons. The summed E-state index contributed by atoms with van der Waals surface area (Å²) in [5.74, 6) is 0.790. The molecule has 0 fully saturated rings. The van der Waals surface area contributed by atoms with Gasteiger partial charge in [0.1, 0.15) is 5.75 Å². The summed E-state index contributed by atoms with van der Waals surface area (Å²) in [4.78, 5) is 11.8.